The molecule has 0 aromatic rings. The molecule has 0 aliphatic carbocycles. The number of esters is 2. The van der Waals surface area contributed by atoms with Crippen molar-refractivity contribution in [2.24, 2.45) is 5.41 Å². The lowest BCUT2D eigenvalue weighted by Crippen LogP contribution is -2.47. The molecule has 0 aromatic heterocycles. The number of carbonyl (C=O) groups excluding carboxylic acids is 2. The average molecular weight is 354 g/mol. The van der Waals surface area contributed by atoms with Crippen LogP contribution in [0.15, 0.2) is 24.3 Å². The SMILES string of the molecule is C=C(C)C(=O)OCC1(CC)COC(CC(C)(C)OC(=O)C(=C)C)OC1. The Kier molecular flexibility index (Phi) is 7.38. The van der Waals surface area contributed by atoms with Gasteiger partial charge in [0, 0.05) is 17.6 Å². The van der Waals surface area contributed by atoms with Crippen molar-refractivity contribution in [2.75, 3.05) is 19.8 Å². The molecule has 0 saturated carbocycles. The van der Waals surface area contributed by atoms with E-state index in [-0.39, 0.29) is 12.0 Å². The van der Waals surface area contributed by atoms with Gasteiger partial charge in [-0.1, -0.05) is 20.1 Å². The molecule has 25 heavy (non-hydrogen) atoms. The number of ether oxygens (including phenoxy) is 4. The van der Waals surface area contributed by atoms with E-state index >= 15 is 0 Å². The van der Waals surface area contributed by atoms with Crippen LogP contribution in [0.1, 0.15) is 47.5 Å². The highest BCUT2D eigenvalue weighted by Crippen LogP contribution is 2.32. The fraction of sp³-hybridized carbons (Fsp3) is 0.684. The van der Waals surface area contributed by atoms with Crippen molar-refractivity contribution in [3.63, 3.8) is 0 Å². The summed E-state index contributed by atoms with van der Waals surface area (Å²) in [5.74, 6) is -0.849. The quantitative estimate of drug-likeness (QED) is 0.492. The number of hydrogen-bond donors (Lipinski definition) is 0. The Morgan fingerprint density at radius 3 is 2.08 bits per heavy atom. The van der Waals surface area contributed by atoms with E-state index in [0.717, 1.165) is 6.42 Å². The van der Waals surface area contributed by atoms with E-state index < -0.39 is 23.8 Å². The van der Waals surface area contributed by atoms with E-state index in [0.29, 0.717) is 30.8 Å². The highest BCUT2D eigenvalue weighted by molar-refractivity contribution is 5.87. The molecule has 1 fully saturated rings. The van der Waals surface area contributed by atoms with E-state index in [9.17, 15) is 9.59 Å². The molecule has 1 aliphatic rings. The zero-order valence-electron chi connectivity index (χ0n) is 16.0. The minimum Gasteiger partial charge on any atom is -0.462 e. The lowest BCUT2D eigenvalue weighted by Gasteiger charge is -2.40. The molecular weight excluding hydrogens is 324 g/mol. The fourth-order valence-electron chi connectivity index (χ4n) is 2.26. The Balaban J connectivity index is 2.55. The van der Waals surface area contributed by atoms with Crippen molar-refractivity contribution >= 4 is 11.9 Å². The smallest absolute Gasteiger partial charge is 0.333 e. The topological polar surface area (TPSA) is 71.1 Å². The monoisotopic (exact) mass is 354 g/mol. The highest BCUT2D eigenvalue weighted by Gasteiger charge is 2.39. The van der Waals surface area contributed by atoms with Crippen molar-refractivity contribution in [3.05, 3.63) is 24.3 Å². The molecule has 1 saturated heterocycles. The average Bonchev–Trinajstić information content (AvgIpc) is 2.53. The van der Waals surface area contributed by atoms with Gasteiger partial charge < -0.3 is 18.9 Å². The lowest BCUT2D eigenvalue weighted by molar-refractivity contribution is -0.253. The highest BCUT2D eigenvalue weighted by atomic mass is 16.7. The van der Waals surface area contributed by atoms with E-state index in [4.69, 9.17) is 18.9 Å². The van der Waals surface area contributed by atoms with Gasteiger partial charge in [-0.15, -0.1) is 0 Å². The van der Waals surface area contributed by atoms with Crippen LogP contribution in [0.4, 0.5) is 0 Å². The van der Waals surface area contributed by atoms with Crippen LogP contribution in [0.25, 0.3) is 0 Å². The maximum atomic E-state index is 11.7. The van der Waals surface area contributed by atoms with Gasteiger partial charge in [0.05, 0.1) is 18.6 Å². The van der Waals surface area contributed by atoms with E-state index in [2.05, 4.69) is 13.2 Å². The molecule has 0 atom stereocenters. The third-order valence-electron chi connectivity index (χ3n) is 4.13. The molecule has 0 unspecified atom stereocenters. The van der Waals surface area contributed by atoms with Crippen LogP contribution < -0.4 is 0 Å². The van der Waals surface area contributed by atoms with Crippen molar-refractivity contribution in [2.45, 2.75) is 59.4 Å². The van der Waals surface area contributed by atoms with Crippen LogP contribution in [0, 0.1) is 5.41 Å². The van der Waals surface area contributed by atoms with Crippen molar-refractivity contribution in [1.29, 1.82) is 0 Å². The summed E-state index contributed by atoms with van der Waals surface area (Å²) in [6.07, 6.45) is 0.665. The fourth-order valence-corrected chi connectivity index (χ4v) is 2.26. The molecule has 0 spiro atoms. The summed E-state index contributed by atoms with van der Waals surface area (Å²) in [5, 5.41) is 0. The van der Waals surface area contributed by atoms with Gasteiger partial charge in [0.2, 0.25) is 0 Å². The Hall–Kier alpha value is -1.66. The second-order valence-corrected chi connectivity index (χ2v) is 7.40. The van der Waals surface area contributed by atoms with Crippen LogP contribution >= 0.6 is 0 Å². The second-order valence-electron chi connectivity index (χ2n) is 7.40. The van der Waals surface area contributed by atoms with Crippen molar-refractivity contribution in [3.8, 4) is 0 Å². The summed E-state index contributed by atoms with van der Waals surface area (Å²) < 4.78 is 22.3. The van der Waals surface area contributed by atoms with Crippen LogP contribution in [0.3, 0.4) is 0 Å². The van der Waals surface area contributed by atoms with Gasteiger partial charge in [0.1, 0.15) is 12.2 Å². The van der Waals surface area contributed by atoms with Crippen LogP contribution in [0.2, 0.25) is 0 Å². The maximum absolute atomic E-state index is 11.7. The van der Waals surface area contributed by atoms with Crippen LogP contribution in [-0.2, 0) is 28.5 Å². The lowest BCUT2D eigenvalue weighted by atomic mass is 9.87. The zero-order chi connectivity index (χ0) is 19.3. The maximum Gasteiger partial charge on any atom is 0.333 e. The summed E-state index contributed by atoms with van der Waals surface area (Å²) in [7, 11) is 0. The molecule has 0 N–H and O–H groups in total. The van der Waals surface area contributed by atoms with Gasteiger partial charge >= 0.3 is 11.9 Å². The second kappa shape index (κ2) is 8.63. The molecule has 142 valence electrons. The van der Waals surface area contributed by atoms with E-state index in [1.807, 2.05) is 6.92 Å². The summed E-state index contributed by atoms with van der Waals surface area (Å²) in [6.45, 7) is 17.0. The number of hydrogen-bond acceptors (Lipinski definition) is 6. The molecule has 6 heteroatoms. The van der Waals surface area contributed by atoms with Crippen LogP contribution in [0.5, 0.6) is 0 Å². The first-order valence-corrected chi connectivity index (χ1v) is 8.45. The van der Waals surface area contributed by atoms with Gasteiger partial charge in [-0.2, -0.15) is 0 Å². The van der Waals surface area contributed by atoms with Crippen LogP contribution in [-0.4, -0.2) is 43.7 Å². The molecule has 0 aromatic carbocycles. The third kappa shape index (κ3) is 6.63. The van der Waals surface area contributed by atoms with E-state index in [1.54, 1.807) is 27.7 Å². The summed E-state index contributed by atoms with van der Waals surface area (Å²) >= 11 is 0. The molecule has 6 nitrogen and oxygen atoms in total. The molecule has 1 aliphatic heterocycles. The summed E-state index contributed by atoms with van der Waals surface area (Å²) in [6, 6.07) is 0. The van der Waals surface area contributed by atoms with Crippen molar-refractivity contribution in [1.82, 2.24) is 0 Å². The molecule has 0 amide bonds. The van der Waals surface area contributed by atoms with Gasteiger partial charge in [-0.05, 0) is 34.1 Å². The molecule has 0 radical (unpaired) electrons. The van der Waals surface area contributed by atoms with Gasteiger partial charge in [-0.25, -0.2) is 9.59 Å². The normalized spacial score (nSPS) is 23.6. The first-order valence-electron chi connectivity index (χ1n) is 8.45. The third-order valence-corrected chi connectivity index (χ3v) is 4.13. The number of carbonyl (C=O) groups is 2. The minimum absolute atomic E-state index is 0.218. The van der Waals surface area contributed by atoms with E-state index in [1.165, 1.54) is 0 Å². The predicted octanol–water partition coefficient (Wildman–Crippen LogP) is 3.16. The zero-order valence-corrected chi connectivity index (χ0v) is 16.0. The Morgan fingerprint density at radius 2 is 1.64 bits per heavy atom. The standard InChI is InChI=1S/C19H30O6/c1-8-19(12-24-16(20)13(2)3)10-22-15(23-11-19)9-18(6,7)25-17(21)14(4)5/h15H,2,4,8-12H2,1,3,5-7H3. The molecule has 1 rings (SSSR count). The summed E-state index contributed by atoms with van der Waals surface area (Å²) in [5.41, 5.74) is -0.398. The minimum atomic E-state index is -0.737. The van der Waals surface area contributed by atoms with Gasteiger partial charge in [0.25, 0.3) is 0 Å². The summed E-state index contributed by atoms with van der Waals surface area (Å²) in [4.78, 5) is 23.3. The van der Waals surface area contributed by atoms with Crippen molar-refractivity contribution < 1.29 is 28.5 Å². The molecule has 0 bridgehead atoms. The van der Waals surface area contributed by atoms with Gasteiger partial charge in [0.15, 0.2) is 6.29 Å². The first kappa shape index (κ1) is 21.4. The Bertz CT molecular complexity index is 526. The first-order chi connectivity index (χ1) is 11.5. The molecular formula is C19H30O6. The largest absolute Gasteiger partial charge is 0.462 e. The predicted molar refractivity (Wildman–Crippen MR) is 93.8 cm³/mol. The van der Waals surface area contributed by atoms with Gasteiger partial charge in [-0.3, -0.25) is 0 Å². The Labute approximate surface area is 150 Å². The number of rotatable bonds is 8. The Morgan fingerprint density at radius 1 is 1.12 bits per heavy atom. The molecule has 1 heterocycles.